The van der Waals surface area contributed by atoms with Gasteiger partial charge in [0.25, 0.3) is 0 Å². The van der Waals surface area contributed by atoms with Crippen LogP contribution in [0.3, 0.4) is 0 Å². The first-order valence-electron chi connectivity index (χ1n) is 5.27. The molecule has 0 atom stereocenters. The summed E-state index contributed by atoms with van der Waals surface area (Å²) in [6.07, 6.45) is 4.78. The Morgan fingerprint density at radius 3 is 3.13 bits per heavy atom. The normalized spacial score (nSPS) is 15.7. The van der Waals surface area contributed by atoms with E-state index in [9.17, 15) is 4.79 Å². The Bertz CT molecular complexity index is 390. The third-order valence-corrected chi connectivity index (χ3v) is 3.45. The zero-order valence-electron chi connectivity index (χ0n) is 8.79. The predicted octanol–water partition coefficient (Wildman–Crippen LogP) is 3.19. The van der Waals surface area contributed by atoms with Crippen molar-refractivity contribution >= 4 is 17.1 Å². The molecule has 0 unspecified atom stereocenters. The molecule has 0 aliphatic carbocycles. The van der Waals surface area contributed by atoms with E-state index in [-0.39, 0.29) is 5.78 Å². The summed E-state index contributed by atoms with van der Waals surface area (Å²) < 4.78 is 5.38. The molecule has 80 valence electrons. The van der Waals surface area contributed by atoms with E-state index in [0.29, 0.717) is 12.4 Å². The lowest BCUT2D eigenvalue weighted by molar-refractivity contribution is 0.0902. The highest BCUT2D eigenvalue weighted by molar-refractivity contribution is 7.12. The van der Waals surface area contributed by atoms with Crippen molar-refractivity contribution in [3.8, 4) is 0 Å². The predicted molar refractivity (Wildman–Crippen MR) is 61.3 cm³/mol. The van der Waals surface area contributed by atoms with E-state index in [4.69, 9.17) is 4.74 Å². The second kappa shape index (κ2) is 4.62. The van der Waals surface area contributed by atoms with Gasteiger partial charge in [-0.2, -0.15) is 0 Å². The van der Waals surface area contributed by atoms with Gasteiger partial charge in [0.15, 0.2) is 5.76 Å². The van der Waals surface area contributed by atoms with Crippen LogP contribution < -0.4 is 0 Å². The number of hydrogen-bond acceptors (Lipinski definition) is 3. The lowest BCUT2D eigenvalue weighted by Gasteiger charge is -2.13. The lowest BCUT2D eigenvalue weighted by Crippen LogP contribution is -2.11. The van der Waals surface area contributed by atoms with Crippen molar-refractivity contribution in [1.29, 1.82) is 0 Å². The summed E-state index contributed by atoms with van der Waals surface area (Å²) in [4.78, 5) is 12.9. The fraction of sp³-hybridized carbons (Fsp3) is 0.417. The maximum Gasteiger partial charge on any atom is 0.237 e. The molecule has 0 fully saturated rings. The summed E-state index contributed by atoms with van der Waals surface area (Å²) in [5.74, 6) is 0.597. The molecule has 0 saturated heterocycles. The van der Waals surface area contributed by atoms with Crippen molar-refractivity contribution in [2.24, 2.45) is 0 Å². The third kappa shape index (κ3) is 2.12. The van der Waals surface area contributed by atoms with Crippen LogP contribution in [-0.4, -0.2) is 12.4 Å². The molecule has 1 aliphatic rings. The molecule has 0 N–H and O–H groups in total. The molecular formula is C12H14O2S. The number of allylic oxidation sites excluding steroid dienone is 2. The molecule has 15 heavy (non-hydrogen) atoms. The van der Waals surface area contributed by atoms with Crippen LogP contribution >= 0.6 is 11.3 Å². The van der Waals surface area contributed by atoms with Gasteiger partial charge < -0.3 is 4.74 Å². The molecule has 1 aromatic heterocycles. The van der Waals surface area contributed by atoms with Crippen molar-refractivity contribution in [1.82, 2.24) is 0 Å². The number of thiophene rings is 1. The quantitative estimate of drug-likeness (QED) is 0.734. The minimum atomic E-state index is 0.0570. The molecule has 2 heterocycles. The molecule has 0 saturated carbocycles. The van der Waals surface area contributed by atoms with Gasteiger partial charge in [0, 0.05) is 0 Å². The standard InChI is InChI=1S/C12H14O2S/c1-2-9-6-8-15-12(9)11(13)10-5-3-4-7-14-10/h5-6,8H,2-4,7H2,1H3. The highest BCUT2D eigenvalue weighted by atomic mass is 32.1. The summed E-state index contributed by atoms with van der Waals surface area (Å²) in [6.45, 7) is 2.74. The van der Waals surface area contributed by atoms with Gasteiger partial charge >= 0.3 is 0 Å². The zero-order valence-corrected chi connectivity index (χ0v) is 9.60. The Balaban J connectivity index is 2.23. The lowest BCUT2D eigenvalue weighted by atomic mass is 10.1. The first-order valence-corrected chi connectivity index (χ1v) is 6.15. The van der Waals surface area contributed by atoms with Crippen molar-refractivity contribution < 1.29 is 9.53 Å². The summed E-state index contributed by atoms with van der Waals surface area (Å²) in [5, 5.41) is 1.97. The van der Waals surface area contributed by atoms with Gasteiger partial charge in [0.05, 0.1) is 11.5 Å². The second-order valence-corrected chi connectivity index (χ2v) is 4.43. The summed E-state index contributed by atoms with van der Waals surface area (Å²) in [6, 6.07) is 2.02. The number of rotatable bonds is 3. The van der Waals surface area contributed by atoms with E-state index >= 15 is 0 Å². The first-order chi connectivity index (χ1) is 7.33. The molecule has 0 radical (unpaired) electrons. The monoisotopic (exact) mass is 222 g/mol. The summed E-state index contributed by atoms with van der Waals surface area (Å²) >= 11 is 1.51. The van der Waals surface area contributed by atoms with Crippen molar-refractivity contribution in [2.45, 2.75) is 26.2 Å². The fourth-order valence-electron chi connectivity index (χ4n) is 1.64. The zero-order chi connectivity index (χ0) is 10.7. The van der Waals surface area contributed by atoms with Gasteiger partial charge in [-0.15, -0.1) is 11.3 Å². The van der Waals surface area contributed by atoms with Gasteiger partial charge in [-0.05, 0) is 42.3 Å². The van der Waals surface area contributed by atoms with E-state index in [0.717, 1.165) is 29.7 Å². The molecule has 0 aromatic carbocycles. The molecule has 1 aliphatic heterocycles. The van der Waals surface area contributed by atoms with Crippen molar-refractivity contribution in [3.63, 3.8) is 0 Å². The van der Waals surface area contributed by atoms with Crippen LogP contribution in [0.5, 0.6) is 0 Å². The summed E-state index contributed by atoms with van der Waals surface area (Å²) in [5.41, 5.74) is 1.13. The van der Waals surface area contributed by atoms with Gasteiger partial charge in [-0.1, -0.05) is 6.92 Å². The van der Waals surface area contributed by atoms with Crippen LogP contribution in [0, 0.1) is 0 Å². The topological polar surface area (TPSA) is 26.3 Å². The number of hydrogen-bond donors (Lipinski definition) is 0. The molecule has 3 heteroatoms. The third-order valence-electron chi connectivity index (χ3n) is 2.49. The molecule has 0 spiro atoms. The number of ketones is 1. The maximum atomic E-state index is 12.1. The SMILES string of the molecule is CCc1ccsc1C(=O)C1=CCCCO1. The molecule has 2 nitrogen and oxygen atoms in total. The van der Waals surface area contributed by atoms with E-state index in [1.165, 1.54) is 11.3 Å². The number of Topliss-reactive ketones (excluding diaryl/α,β-unsaturated/α-hetero) is 1. The Kier molecular flexibility index (Phi) is 3.21. The number of carbonyl (C=O) groups excluding carboxylic acids is 1. The minimum absolute atomic E-state index is 0.0570. The molecular weight excluding hydrogens is 208 g/mol. The van der Waals surface area contributed by atoms with Crippen molar-refractivity contribution in [3.05, 3.63) is 33.7 Å². The van der Waals surface area contributed by atoms with Crippen LogP contribution in [0.4, 0.5) is 0 Å². The first kappa shape index (κ1) is 10.4. The molecule has 2 rings (SSSR count). The van der Waals surface area contributed by atoms with E-state index in [2.05, 4.69) is 6.92 Å². The average Bonchev–Trinajstić information content (AvgIpc) is 2.77. The van der Waals surface area contributed by atoms with Crippen LogP contribution in [0.25, 0.3) is 0 Å². The van der Waals surface area contributed by atoms with E-state index < -0.39 is 0 Å². The molecule has 1 aromatic rings. The largest absolute Gasteiger partial charge is 0.490 e. The number of aryl methyl sites for hydroxylation is 1. The minimum Gasteiger partial charge on any atom is -0.490 e. The van der Waals surface area contributed by atoms with Crippen LogP contribution in [-0.2, 0) is 11.2 Å². The van der Waals surface area contributed by atoms with Crippen LogP contribution in [0.1, 0.15) is 35.0 Å². The highest BCUT2D eigenvalue weighted by Gasteiger charge is 2.19. The van der Waals surface area contributed by atoms with Crippen LogP contribution in [0.15, 0.2) is 23.3 Å². The van der Waals surface area contributed by atoms with Crippen LogP contribution in [0.2, 0.25) is 0 Å². The van der Waals surface area contributed by atoms with E-state index in [1.807, 2.05) is 17.5 Å². The Labute approximate surface area is 93.6 Å². The molecule has 0 amide bonds. The van der Waals surface area contributed by atoms with E-state index in [1.54, 1.807) is 0 Å². The van der Waals surface area contributed by atoms with Gasteiger partial charge in [-0.25, -0.2) is 0 Å². The Morgan fingerprint density at radius 2 is 2.47 bits per heavy atom. The smallest absolute Gasteiger partial charge is 0.237 e. The summed E-state index contributed by atoms with van der Waals surface area (Å²) in [7, 11) is 0. The van der Waals surface area contributed by atoms with Gasteiger partial charge in [0.2, 0.25) is 5.78 Å². The molecule has 0 bridgehead atoms. The van der Waals surface area contributed by atoms with Gasteiger partial charge in [-0.3, -0.25) is 4.79 Å². The number of ether oxygens (including phenoxy) is 1. The fourth-order valence-corrected chi connectivity index (χ4v) is 2.58. The Hall–Kier alpha value is -1.09. The highest BCUT2D eigenvalue weighted by Crippen LogP contribution is 2.23. The van der Waals surface area contributed by atoms with Gasteiger partial charge in [0.1, 0.15) is 0 Å². The Morgan fingerprint density at radius 1 is 1.60 bits per heavy atom. The maximum absolute atomic E-state index is 12.1. The average molecular weight is 222 g/mol. The number of carbonyl (C=O) groups is 1. The van der Waals surface area contributed by atoms with Crippen molar-refractivity contribution in [2.75, 3.05) is 6.61 Å². The second-order valence-electron chi connectivity index (χ2n) is 3.52.